The van der Waals surface area contributed by atoms with Crippen LogP contribution in [0.15, 0.2) is 24.4 Å². The van der Waals surface area contributed by atoms with Crippen LogP contribution in [0.1, 0.15) is 41.5 Å². The summed E-state index contributed by atoms with van der Waals surface area (Å²) in [6.45, 7) is 3.02. The summed E-state index contributed by atoms with van der Waals surface area (Å²) in [5, 5.41) is 3.98. The van der Waals surface area contributed by atoms with E-state index in [9.17, 15) is 4.79 Å². The monoisotopic (exact) mass is 478 g/mol. The fraction of sp³-hybridized carbons (Fsp3) is 0.522. The first-order valence-corrected chi connectivity index (χ1v) is 11.7. The predicted molar refractivity (Wildman–Crippen MR) is 123 cm³/mol. The Morgan fingerprint density at radius 1 is 1.31 bits per heavy atom. The third kappa shape index (κ3) is 5.70. The summed E-state index contributed by atoms with van der Waals surface area (Å²) in [6, 6.07) is 4.84. The Labute approximate surface area is 198 Å². The summed E-state index contributed by atoms with van der Waals surface area (Å²) in [4.78, 5) is 24.2. The molecule has 32 heavy (non-hydrogen) atoms. The van der Waals surface area contributed by atoms with E-state index in [2.05, 4.69) is 10.3 Å². The van der Waals surface area contributed by atoms with Gasteiger partial charge in [-0.25, -0.2) is 14.8 Å². The van der Waals surface area contributed by atoms with Crippen molar-refractivity contribution in [1.29, 1.82) is 0 Å². The Morgan fingerprint density at radius 2 is 2.12 bits per heavy atom. The standard InChI is InChI=1S/C23H28Cl2N4O3/c1-31-14-21(16-2-3-18(24)19(25)11-16)28-23(30)29-7-4-17-12-26-22(27-20(17)13-29)10-15-5-8-32-9-6-15/h2-3,11-12,15,21H,4-10,13-14H2,1H3,(H,28,30)/t21-/m1/s1. The lowest BCUT2D eigenvalue weighted by molar-refractivity contribution is 0.0659. The maximum atomic E-state index is 13.1. The normalized spacial score (nSPS) is 17.7. The van der Waals surface area contributed by atoms with E-state index in [-0.39, 0.29) is 12.1 Å². The van der Waals surface area contributed by atoms with Crippen molar-refractivity contribution in [3.8, 4) is 0 Å². The zero-order valence-electron chi connectivity index (χ0n) is 18.2. The largest absolute Gasteiger partial charge is 0.382 e. The number of methoxy groups -OCH3 is 1. The van der Waals surface area contributed by atoms with Gasteiger partial charge in [0.15, 0.2) is 0 Å². The quantitative estimate of drug-likeness (QED) is 0.672. The Kier molecular flexibility index (Phi) is 7.84. The molecule has 0 aliphatic carbocycles. The number of nitrogens with zero attached hydrogens (tertiary/aromatic N) is 3. The van der Waals surface area contributed by atoms with Crippen molar-refractivity contribution in [3.63, 3.8) is 0 Å². The van der Waals surface area contributed by atoms with Gasteiger partial charge in [0.25, 0.3) is 0 Å². The topological polar surface area (TPSA) is 76.6 Å². The molecule has 0 saturated carbocycles. The Balaban J connectivity index is 1.42. The molecule has 2 aromatic rings. The van der Waals surface area contributed by atoms with Gasteiger partial charge in [-0.05, 0) is 48.4 Å². The minimum absolute atomic E-state index is 0.159. The number of ether oxygens (including phenoxy) is 2. The van der Waals surface area contributed by atoms with E-state index in [1.807, 2.05) is 12.3 Å². The highest BCUT2D eigenvalue weighted by atomic mass is 35.5. The molecule has 172 valence electrons. The van der Waals surface area contributed by atoms with E-state index >= 15 is 0 Å². The molecule has 2 aliphatic rings. The number of hydrogen-bond donors (Lipinski definition) is 1. The molecular formula is C23H28Cl2N4O3. The molecule has 7 nitrogen and oxygen atoms in total. The molecule has 1 aromatic carbocycles. The smallest absolute Gasteiger partial charge is 0.318 e. The lowest BCUT2D eigenvalue weighted by Crippen LogP contribution is -2.45. The molecule has 0 bridgehead atoms. The third-order valence-corrected chi connectivity index (χ3v) is 6.81. The van der Waals surface area contributed by atoms with Crippen LogP contribution in [-0.4, -0.2) is 54.4 Å². The molecule has 0 unspecified atom stereocenters. The number of halogens is 2. The van der Waals surface area contributed by atoms with Crippen LogP contribution in [0.5, 0.6) is 0 Å². The Morgan fingerprint density at radius 3 is 2.88 bits per heavy atom. The van der Waals surface area contributed by atoms with E-state index in [0.717, 1.165) is 61.5 Å². The zero-order chi connectivity index (χ0) is 22.5. The summed E-state index contributed by atoms with van der Waals surface area (Å²) in [6.07, 6.45) is 5.61. The number of rotatable bonds is 6. The van der Waals surface area contributed by atoms with Crippen molar-refractivity contribution in [2.24, 2.45) is 5.92 Å². The van der Waals surface area contributed by atoms with Gasteiger partial charge in [0.05, 0.1) is 34.9 Å². The molecule has 3 heterocycles. The van der Waals surface area contributed by atoms with Gasteiger partial charge < -0.3 is 19.7 Å². The van der Waals surface area contributed by atoms with Crippen molar-refractivity contribution in [3.05, 3.63) is 57.1 Å². The zero-order valence-corrected chi connectivity index (χ0v) is 19.7. The summed E-state index contributed by atoms with van der Waals surface area (Å²) >= 11 is 12.2. The minimum atomic E-state index is -0.335. The molecule has 9 heteroatoms. The number of carbonyl (C=O) groups excluding carboxylic acids is 1. The van der Waals surface area contributed by atoms with Crippen LogP contribution in [0.2, 0.25) is 10.0 Å². The summed E-state index contributed by atoms with van der Waals surface area (Å²) in [5.41, 5.74) is 2.89. The summed E-state index contributed by atoms with van der Waals surface area (Å²) in [7, 11) is 1.60. The van der Waals surface area contributed by atoms with Crippen LogP contribution in [-0.2, 0) is 28.9 Å². The number of amides is 2. The SMILES string of the molecule is COC[C@@H](NC(=O)N1CCc2cnc(CC3CCOCC3)nc2C1)c1ccc(Cl)c(Cl)c1. The molecular weight excluding hydrogens is 451 g/mol. The van der Waals surface area contributed by atoms with Crippen molar-refractivity contribution >= 4 is 29.2 Å². The van der Waals surface area contributed by atoms with Crippen molar-refractivity contribution < 1.29 is 14.3 Å². The maximum Gasteiger partial charge on any atom is 0.318 e. The van der Waals surface area contributed by atoms with Gasteiger partial charge in [0.1, 0.15) is 5.82 Å². The summed E-state index contributed by atoms with van der Waals surface area (Å²) < 4.78 is 10.8. The second-order valence-electron chi connectivity index (χ2n) is 8.32. The first-order chi connectivity index (χ1) is 15.5. The highest BCUT2D eigenvalue weighted by Crippen LogP contribution is 2.26. The number of carbonyl (C=O) groups is 1. The minimum Gasteiger partial charge on any atom is -0.382 e. The number of benzene rings is 1. The van der Waals surface area contributed by atoms with E-state index in [0.29, 0.717) is 35.7 Å². The molecule has 1 saturated heterocycles. The summed E-state index contributed by atoms with van der Waals surface area (Å²) in [5.74, 6) is 1.41. The van der Waals surface area contributed by atoms with E-state index in [4.69, 9.17) is 37.7 Å². The average molecular weight is 479 g/mol. The highest BCUT2D eigenvalue weighted by molar-refractivity contribution is 6.42. The number of aromatic nitrogens is 2. The van der Waals surface area contributed by atoms with Gasteiger partial charge >= 0.3 is 6.03 Å². The van der Waals surface area contributed by atoms with Crippen LogP contribution in [0.3, 0.4) is 0 Å². The molecule has 2 amide bonds. The van der Waals surface area contributed by atoms with Gasteiger partial charge in [0.2, 0.25) is 0 Å². The number of hydrogen-bond acceptors (Lipinski definition) is 5. The predicted octanol–water partition coefficient (Wildman–Crippen LogP) is 4.21. The molecule has 1 N–H and O–H groups in total. The number of fused-ring (bicyclic) bond motifs is 1. The Hall–Kier alpha value is -1.93. The van der Waals surface area contributed by atoms with E-state index in [1.54, 1.807) is 24.1 Å². The van der Waals surface area contributed by atoms with Crippen LogP contribution in [0, 0.1) is 5.92 Å². The van der Waals surface area contributed by atoms with Crippen LogP contribution < -0.4 is 5.32 Å². The molecule has 2 aliphatic heterocycles. The lowest BCUT2D eigenvalue weighted by atomic mass is 9.96. The number of urea groups is 1. The molecule has 0 spiro atoms. The van der Waals surface area contributed by atoms with Gasteiger partial charge in [-0.3, -0.25) is 0 Å². The fourth-order valence-electron chi connectivity index (χ4n) is 4.18. The molecule has 1 fully saturated rings. The first-order valence-electron chi connectivity index (χ1n) is 10.9. The van der Waals surface area contributed by atoms with Gasteiger partial charge in [-0.15, -0.1) is 0 Å². The van der Waals surface area contributed by atoms with Crippen molar-refractivity contribution in [2.75, 3.05) is 33.5 Å². The second kappa shape index (κ2) is 10.8. The Bertz CT molecular complexity index is 953. The van der Waals surface area contributed by atoms with E-state index in [1.165, 1.54) is 0 Å². The van der Waals surface area contributed by atoms with Crippen molar-refractivity contribution in [1.82, 2.24) is 20.2 Å². The second-order valence-corrected chi connectivity index (χ2v) is 9.13. The molecule has 1 aromatic heterocycles. The lowest BCUT2D eigenvalue weighted by Gasteiger charge is -2.30. The van der Waals surface area contributed by atoms with Gasteiger partial charge in [0, 0.05) is 39.5 Å². The van der Waals surface area contributed by atoms with E-state index < -0.39 is 0 Å². The van der Waals surface area contributed by atoms with Crippen molar-refractivity contribution in [2.45, 2.75) is 38.3 Å². The van der Waals surface area contributed by atoms with Crippen LogP contribution in [0.25, 0.3) is 0 Å². The van der Waals surface area contributed by atoms with Gasteiger partial charge in [-0.1, -0.05) is 29.3 Å². The van der Waals surface area contributed by atoms with Gasteiger partial charge in [-0.2, -0.15) is 0 Å². The first kappa shape index (κ1) is 23.2. The molecule has 0 radical (unpaired) electrons. The maximum absolute atomic E-state index is 13.1. The van der Waals surface area contributed by atoms with Crippen LogP contribution >= 0.6 is 23.2 Å². The number of nitrogens with one attached hydrogen (secondary N) is 1. The highest BCUT2D eigenvalue weighted by Gasteiger charge is 2.26. The molecule has 4 rings (SSSR count). The average Bonchev–Trinajstić information content (AvgIpc) is 2.81. The van der Waals surface area contributed by atoms with Crippen LogP contribution in [0.4, 0.5) is 4.79 Å². The molecule has 1 atom stereocenters. The third-order valence-electron chi connectivity index (χ3n) is 6.07. The fourth-order valence-corrected chi connectivity index (χ4v) is 4.49.